The monoisotopic (exact) mass is 711 g/mol. The molecule has 1 heterocycles. The first kappa shape index (κ1) is 44.0. The number of carboxylic acid groups (broad SMARTS) is 4. The fourth-order valence-electron chi connectivity index (χ4n) is 5.94. The molecule has 1 aliphatic heterocycles. The molecule has 1 saturated heterocycles. The van der Waals surface area contributed by atoms with Crippen LogP contribution >= 0.6 is 0 Å². The van der Waals surface area contributed by atoms with Crippen LogP contribution in [-0.4, -0.2) is 85.9 Å². The van der Waals surface area contributed by atoms with Crippen LogP contribution in [0.15, 0.2) is 0 Å². The van der Waals surface area contributed by atoms with Gasteiger partial charge in [0, 0.05) is 25.7 Å². The van der Waals surface area contributed by atoms with Crippen molar-refractivity contribution < 1.29 is 58.8 Å². The Morgan fingerprint density at radius 1 is 0.600 bits per heavy atom. The van der Waals surface area contributed by atoms with Gasteiger partial charge in [-0.3, -0.25) is 24.0 Å². The molecule has 1 fully saturated rings. The average Bonchev–Trinajstić information content (AvgIpc) is 3.04. The van der Waals surface area contributed by atoms with Crippen molar-refractivity contribution in [3.8, 4) is 0 Å². The lowest BCUT2D eigenvalue weighted by atomic mass is 9.90. The molecule has 0 radical (unpaired) electrons. The SMILES string of the molecule is O=C(O)CC[C@H](NC(=O)CC[C@H](NC(=O)C1C[C@@H](C(=O)O)NC(=O)CCCCCCCCCCCCCCCCCCC1=O)C(=O)O)C(=O)O. The van der Waals surface area contributed by atoms with E-state index in [-0.39, 0.29) is 12.8 Å². The van der Waals surface area contributed by atoms with Gasteiger partial charge in [-0.05, 0) is 32.1 Å². The molecule has 15 heteroatoms. The molecule has 0 spiro atoms. The van der Waals surface area contributed by atoms with Gasteiger partial charge in [0.25, 0.3) is 0 Å². The lowest BCUT2D eigenvalue weighted by Gasteiger charge is -2.23. The number of ketones is 1. The molecule has 0 aromatic heterocycles. The fraction of sp³-hybridized carbons (Fsp3) is 0.771. The second-order valence-corrected chi connectivity index (χ2v) is 13.2. The summed E-state index contributed by atoms with van der Waals surface area (Å²) >= 11 is 0. The topological polar surface area (TPSA) is 254 Å². The van der Waals surface area contributed by atoms with Crippen molar-refractivity contribution in [3.63, 3.8) is 0 Å². The van der Waals surface area contributed by atoms with Crippen molar-refractivity contribution in [1.29, 1.82) is 0 Å². The van der Waals surface area contributed by atoms with Gasteiger partial charge in [0.15, 0.2) is 0 Å². The molecule has 0 aromatic rings. The van der Waals surface area contributed by atoms with Gasteiger partial charge in [0.1, 0.15) is 23.9 Å². The van der Waals surface area contributed by atoms with E-state index < -0.39 is 104 Å². The summed E-state index contributed by atoms with van der Waals surface area (Å²) < 4.78 is 0. The average molecular weight is 712 g/mol. The molecule has 1 aliphatic rings. The Morgan fingerprint density at radius 2 is 1.02 bits per heavy atom. The van der Waals surface area contributed by atoms with Crippen LogP contribution in [0.1, 0.15) is 148 Å². The van der Waals surface area contributed by atoms with Crippen LogP contribution in [0.5, 0.6) is 0 Å². The van der Waals surface area contributed by atoms with Crippen LogP contribution in [0.25, 0.3) is 0 Å². The van der Waals surface area contributed by atoms with Gasteiger partial charge in [0.2, 0.25) is 17.7 Å². The summed E-state index contributed by atoms with van der Waals surface area (Å²) in [6.45, 7) is 0. The van der Waals surface area contributed by atoms with Crippen LogP contribution in [0.2, 0.25) is 0 Å². The molecule has 284 valence electrons. The molecule has 0 saturated carbocycles. The maximum atomic E-state index is 13.4. The Bertz CT molecular complexity index is 1130. The van der Waals surface area contributed by atoms with Gasteiger partial charge in [-0.15, -0.1) is 0 Å². The van der Waals surface area contributed by atoms with E-state index in [0.29, 0.717) is 12.8 Å². The summed E-state index contributed by atoms with van der Waals surface area (Å²) in [6.07, 6.45) is 13.4. The highest BCUT2D eigenvalue weighted by Crippen LogP contribution is 2.18. The highest BCUT2D eigenvalue weighted by molar-refractivity contribution is 6.03. The summed E-state index contributed by atoms with van der Waals surface area (Å²) in [6, 6.07) is -4.80. The zero-order valence-corrected chi connectivity index (χ0v) is 29.1. The molecule has 15 nitrogen and oxygen atoms in total. The molecule has 3 amide bonds. The number of hydrogen-bond acceptors (Lipinski definition) is 8. The Morgan fingerprint density at radius 3 is 1.46 bits per heavy atom. The molecule has 0 aliphatic carbocycles. The number of hydrogen-bond donors (Lipinski definition) is 7. The van der Waals surface area contributed by atoms with E-state index in [1.165, 1.54) is 32.1 Å². The van der Waals surface area contributed by atoms with Gasteiger partial charge >= 0.3 is 23.9 Å². The third-order valence-corrected chi connectivity index (χ3v) is 8.94. The summed E-state index contributed by atoms with van der Waals surface area (Å²) in [7, 11) is 0. The molecule has 7 N–H and O–H groups in total. The number of Topliss-reactive ketones (excluding diaryl/α,β-unsaturated/α-hetero) is 1. The van der Waals surface area contributed by atoms with Gasteiger partial charge < -0.3 is 36.4 Å². The smallest absolute Gasteiger partial charge is 0.326 e. The molecule has 1 unspecified atom stereocenters. The third-order valence-electron chi connectivity index (χ3n) is 8.94. The second-order valence-electron chi connectivity index (χ2n) is 13.2. The molecule has 0 aromatic carbocycles. The largest absolute Gasteiger partial charge is 0.481 e. The third kappa shape index (κ3) is 20.5. The Balaban J connectivity index is 3.00. The van der Waals surface area contributed by atoms with Gasteiger partial charge in [-0.1, -0.05) is 89.9 Å². The maximum absolute atomic E-state index is 13.4. The minimum atomic E-state index is -1.69. The molecule has 50 heavy (non-hydrogen) atoms. The van der Waals surface area contributed by atoms with Crippen LogP contribution in [0.3, 0.4) is 0 Å². The van der Waals surface area contributed by atoms with Crippen LogP contribution in [0.4, 0.5) is 0 Å². The van der Waals surface area contributed by atoms with Crippen molar-refractivity contribution in [3.05, 3.63) is 0 Å². The van der Waals surface area contributed by atoms with E-state index in [1.807, 2.05) is 0 Å². The first-order valence-electron chi connectivity index (χ1n) is 18.1. The maximum Gasteiger partial charge on any atom is 0.326 e. The first-order valence-corrected chi connectivity index (χ1v) is 18.1. The van der Waals surface area contributed by atoms with Gasteiger partial charge in [0.05, 0.1) is 5.92 Å². The first-order chi connectivity index (χ1) is 23.8. The summed E-state index contributed by atoms with van der Waals surface area (Å²) in [5.41, 5.74) is 0. The number of nitrogens with one attached hydrogen (secondary N) is 3. The van der Waals surface area contributed by atoms with E-state index in [0.717, 1.165) is 57.8 Å². The van der Waals surface area contributed by atoms with E-state index in [1.54, 1.807) is 0 Å². The number of aliphatic carboxylic acids is 4. The van der Waals surface area contributed by atoms with Crippen molar-refractivity contribution in [2.75, 3.05) is 0 Å². The lowest BCUT2D eigenvalue weighted by Crippen LogP contribution is -2.49. The predicted molar refractivity (Wildman–Crippen MR) is 181 cm³/mol. The zero-order chi connectivity index (χ0) is 37.3. The second kappa shape index (κ2) is 25.9. The van der Waals surface area contributed by atoms with E-state index in [2.05, 4.69) is 16.0 Å². The van der Waals surface area contributed by atoms with E-state index >= 15 is 0 Å². The Hall–Kier alpha value is -4.04. The fourth-order valence-corrected chi connectivity index (χ4v) is 5.94. The highest BCUT2D eigenvalue weighted by Gasteiger charge is 2.35. The van der Waals surface area contributed by atoms with Crippen molar-refractivity contribution in [2.24, 2.45) is 5.92 Å². The number of rotatable bonds is 12. The number of carbonyl (C=O) groups is 8. The Labute approximate surface area is 293 Å². The molecule has 4 atom stereocenters. The summed E-state index contributed by atoms with van der Waals surface area (Å²) in [5.74, 6) is -10.4. The van der Waals surface area contributed by atoms with Crippen LogP contribution in [-0.2, 0) is 38.4 Å². The van der Waals surface area contributed by atoms with Crippen molar-refractivity contribution >= 4 is 47.4 Å². The number of carboxylic acids is 4. The number of carbonyl (C=O) groups excluding carboxylic acids is 4. The Kier molecular flexibility index (Phi) is 22.8. The highest BCUT2D eigenvalue weighted by atomic mass is 16.4. The van der Waals surface area contributed by atoms with Gasteiger partial charge in [-0.2, -0.15) is 0 Å². The van der Waals surface area contributed by atoms with Gasteiger partial charge in [-0.25, -0.2) is 14.4 Å². The van der Waals surface area contributed by atoms with Crippen LogP contribution in [0, 0.1) is 5.92 Å². The number of amides is 3. The van der Waals surface area contributed by atoms with Crippen molar-refractivity contribution in [1.82, 2.24) is 16.0 Å². The van der Waals surface area contributed by atoms with E-state index in [4.69, 9.17) is 5.11 Å². The minimum absolute atomic E-state index is 0.0502. The summed E-state index contributed by atoms with van der Waals surface area (Å²) in [4.78, 5) is 98.1. The van der Waals surface area contributed by atoms with E-state index in [9.17, 15) is 53.7 Å². The summed E-state index contributed by atoms with van der Waals surface area (Å²) in [5, 5.41) is 44.4. The molecule has 1 rings (SSSR count). The van der Waals surface area contributed by atoms with Crippen molar-refractivity contribution in [2.45, 2.75) is 166 Å². The minimum Gasteiger partial charge on any atom is -0.481 e. The molecular formula is C35H57N3O12. The lowest BCUT2D eigenvalue weighted by molar-refractivity contribution is -0.146. The quantitative estimate of drug-likeness (QED) is 0.142. The predicted octanol–water partition coefficient (Wildman–Crippen LogP) is 3.95. The molecular weight excluding hydrogens is 654 g/mol. The zero-order valence-electron chi connectivity index (χ0n) is 29.1. The molecule has 0 bridgehead atoms. The normalized spacial score (nSPS) is 21.3. The van der Waals surface area contributed by atoms with Crippen LogP contribution < -0.4 is 16.0 Å². The standard InChI is InChI=1S/C35H57N3O12/c39-28-17-15-13-11-9-7-5-3-1-2-4-6-8-10-12-14-16-18-29(40)37-27(35(49)50)23-24(28)32(44)38-26(34(47)48)19-21-30(41)36-25(33(45)46)20-22-31(42)43/h24-27H,1-23H2,(H,36,41)(H,37,40)(H,38,44)(H,42,43)(H,45,46)(H,47,48)(H,49,50)/t24?,25-,26-,27-/m0/s1.